The van der Waals surface area contributed by atoms with Crippen LogP contribution in [0.3, 0.4) is 0 Å². The van der Waals surface area contributed by atoms with Crippen molar-refractivity contribution in [1.82, 2.24) is 5.32 Å². The number of methoxy groups -OCH3 is 1. The number of thioether (sulfide) groups is 1. The predicted octanol–water partition coefficient (Wildman–Crippen LogP) is 1.17. The molecule has 1 fully saturated rings. The van der Waals surface area contributed by atoms with Crippen LogP contribution in [0.2, 0.25) is 0 Å². The van der Waals surface area contributed by atoms with Gasteiger partial charge in [0.15, 0.2) is 0 Å². The smallest absolute Gasteiger partial charge is 0.250 e. The van der Waals surface area contributed by atoms with E-state index in [0.29, 0.717) is 11.3 Å². The van der Waals surface area contributed by atoms with Crippen LogP contribution in [0.15, 0.2) is 0 Å². The van der Waals surface area contributed by atoms with Gasteiger partial charge in [-0.05, 0) is 18.6 Å². The van der Waals surface area contributed by atoms with Crippen LogP contribution in [0.4, 0.5) is 0 Å². The van der Waals surface area contributed by atoms with Crippen LogP contribution in [-0.2, 0) is 9.53 Å². The molecule has 0 heterocycles. The number of halogens is 1. The maximum absolute atomic E-state index is 11.8. The van der Waals surface area contributed by atoms with Crippen LogP contribution in [0.25, 0.3) is 0 Å². The number of ether oxygens (including phenoxy) is 1. The zero-order valence-electron chi connectivity index (χ0n) is 10.5. The molecule has 4 nitrogen and oxygen atoms in total. The average molecular weight is 283 g/mol. The summed E-state index contributed by atoms with van der Waals surface area (Å²) in [5.74, 6) is 1.03. The van der Waals surface area contributed by atoms with E-state index in [9.17, 15) is 4.79 Å². The fraction of sp³-hybridized carbons (Fsp3) is 0.909. The topological polar surface area (TPSA) is 64.4 Å². The van der Waals surface area contributed by atoms with Gasteiger partial charge in [-0.15, -0.1) is 12.4 Å². The summed E-state index contributed by atoms with van der Waals surface area (Å²) >= 11 is 1.93. The summed E-state index contributed by atoms with van der Waals surface area (Å²) in [6, 6.07) is 0.293. The molecule has 17 heavy (non-hydrogen) atoms. The third kappa shape index (κ3) is 5.04. The molecular weight excluding hydrogens is 260 g/mol. The molecule has 3 atom stereocenters. The Kier molecular flexibility index (Phi) is 9.04. The summed E-state index contributed by atoms with van der Waals surface area (Å²) in [4.78, 5) is 11.8. The largest absolute Gasteiger partial charge is 0.370 e. The predicted molar refractivity (Wildman–Crippen MR) is 74.8 cm³/mol. The van der Waals surface area contributed by atoms with E-state index in [2.05, 4.69) is 12.2 Å². The molecule has 0 aromatic carbocycles. The molecule has 0 aromatic rings. The summed E-state index contributed by atoms with van der Waals surface area (Å²) in [6.45, 7) is 2.39. The summed E-state index contributed by atoms with van der Waals surface area (Å²) in [5, 5.41) is 3.61. The molecule has 1 aliphatic carbocycles. The maximum Gasteiger partial charge on any atom is 0.250 e. The van der Waals surface area contributed by atoms with Crippen molar-refractivity contribution >= 4 is 30.1 Å². The summed E-state index contributed by atoms with van der Waals surface area (Å²) in [7, 11) is 1.52. The first-order valence-electron chi connectivity index (χ1n) is 5.87. The monoisotopic (exact) mass is 282 g/mol. The zero-order valence-corrected chi connectivity index (χ0v) is 12.1. The Morgan fingerprint density at radius 2 is 2.29 bits per heavy atom. The highest BCUT2D eigenvalue weighted by molar-refractivity contribution is 7.99. The second-order valence-electron chi connectivity index (χ2n) is 4.00. The molecule has 1 amide bonds. The molecule has 0 bridgehead atoms. The van der Waals surface area contributed by atoms with Crippen LogP contribution in [0.5, 0.6) is 0 Å². The molecule has 3 unspecified atom stereocenters. The Morgan fingerprint density at radius 3 is 2.82 bits per heavy atom. The lowest BCUT2D eigenvalue weighted by molar-refractivity contribution is -0.131. The number of rotatable bonds is 6. The van der Waals surface area contributed by atoms with Crippen molar-refractivity contribution in [3.8, 4) is 0 Å². The first-order valence-corrected chi connectivity index (χ1v) is 6.92. The van der Waals surface area contributed by atoms with Crippen LogP contribution in [-0.4, -0.2) is 42.7 Å². The first kappa shape index (κ1) is 17.0. The number of carbonyl (C=O) groups is 1. The lowest BCUT2D eigenvalue weighted by Gasteiger charge is -2.22. The zero-order chi connectivity index (χ0) is 12.0. The van der Waals surface area contributed by atoms with Crippen LogP contribution in [0.1, 0.15) is 26.2 Å². The Morgan fingerprint density at radius 1 is 1.59 bits per heavy atom. The molecule has 1 saturated carbocycles. The van der Waals surface area contributed by atoms with Crippen LogP contribution >= 0.6 is 24.2 Å². The van der Waals surface area contributed by atoms with Gasteiger partial charge in [-0.1, -0.05) is 13.3 Å². The van der Waals surface area contributed by atoms with Crippen LogP contribution in [0, 0.1) is 0 Å². The summed E-state index contributed by atoms with van der Waals surface area (Å²) < 4.78 is 5.02. The van der Waals surface area contributed by atoms with Crippen molar-refractivity contribution in [2.75, 3.05) is 19.4 Å². The third-order valence-corrected chi connectivity index (χ3v) is 4.28. The minimum absolute atomic E-state index is 0. The molecule has 0 saturated heterocycles. The molecule has 1 rings (SSSR count). The second-order valence-corrected chi connectivity index (χ2v) is 5.52. The van der Waals surface area contributed by atoms with E-state index >= 15 is 0 Å². The third-order valence-electron chi connectivity index (χ3n) is 2.95. The molecule has 3 N–H and O–H groups in total. The van der Waals surface area contributed by atoms with E-state index in [1.165, 1.54) is 20.0 Å². The second kappa shape index (κ2) is 9.03. The summed E-state index contributed by atoms with van der Waals surface area (Å²) in [6.07, 6.45) is 2.96. The van der Waals surface area contributed by atoms with E-state index < -0.39 is 6.10 Å². The minimum atomic E-state index is -0.507. The van der Waals surface area contributed by atoms with Gasteiger partial charge in [-0.25, -0.2) is 0 Å². The van der Waals surface area contributed by atoms with E-state index in [0.717, 1.165) is 12.2 Å². The van der Waals surface area contributed by atoms with Crippen molar-refractivity contribution in [2.24, 2.45) is 5.73 Å². The molecule has 6 heteroatoms. The highest BCUT2D eigenvalue weighted by Gasteiger charge is 2.30. The van der Waals surface area contributed by atoms with Crippen molar-refractivity contribution in [3.05, 3.63) is 0 Å². The van der Waals surface area contributed by atoms with Crippen molar-refractivity contribution in [3.63, 3.8) is 0 Å². The molecule has 0 aliphatic heterocycles. The molecule has 0 spiro atoms. The van der Waals surface area contributed by atoms with Gasteiger partial charge in [0.25, 0.3) is 5.91 Å². The molecule has 1 aliphatic rings. The van der Waals surface area contributed by atoms with Gasteiger partial charge in [0, 0.05) is 24.9 Å². The Hall–Kier alpha value is 0.0300. The quantitative estimate of drug-likeness (QED) is 0.768. The van der Waals surface area contributed by atoms with Gasteiger partial charge in [-0.3, -0.25) is 4.79 Å². The van der Waals surface area contributed by atoms with Gasteiger partial charge in [0.05, 0.1) is 0 Å². The van der Waals surface area contributed by atoms with Crippen molar-refractivity contribution in [1.29, 1.82) is 0 Å². The van der Waals surface area contributed by atoms with Crippen molar-refractivity contribution < 1.29 is 9.53 Å². The van der Waals surface area contributed by atoms with E-state index in [1.54, 1.807) is 0 Å². The molecule has 0 aromatic heterocycles. The Labute approximate surface area is 114 Å². The minimum Gasteiger partial charge on any atom is -0.370 e. The standard InChI is InChI=1S/C11H22N2O2S.ClH/c1-3-16-10-6-4-5-8(10)13-11(14)9(7-12)15-2;/h8-10H,3-7,12H2,1-2H3,(H,13,14);1H. The lowest BCUT2D eigenvalue weighted by Crippen LogP contribution is -2.47. The molecular formula is C11H23ClN2O2S. The average Bonchev–Trinajstić information content (AvgIpc) is 2.68. The van der Waals surface area contributed by atoms with E-state index in [4.69, 9.17) is 10.5 Å². The number of carbonyl (C=O) groups excluding carboxylic acids is 1. The van der Waals surface area contributed by atoms with Crippen LogP contribution < -0.4 is 11.1 Å². The van der Waals surface area contributed by atoms with Gasteiger partial charge < -0.3 is 15.8 Å². The van der Waals surface area contributed by atoms with Gasteiger partial charge >= 0.3 is 0 Å². The lowest BCUT2D eigenvalue weighted by atomic mass is 10.2. The summed E-state index contributed by atoms with van der Waals surface area (Å²) in [5.41, 5.74) is 5.46. The number of hydrogen-bond acceptors (Lipinski definition) is 4. The number of nitrogens with two attached hydrogens (primary N) is 1. The number of nitrogens with one attached hydrogen (secondary N) is 1. The fourth-order valence-electron chi connectivity index (χ4n) is 2.09. The molecule has 0 radical (unpaired) electrons. The number of hydrogen-bond donors (Lipinski definition) is 2. The highest BCUT2D eigenvalue weighted by atomic mass is 35.5. The first-order chi connectivity index (χ1) is 7.72. The number of amides is 1. The van der Waals surface area contributed by atoms with Gasteiger partial charge in [-0.2, -0.15) is 11.8 Å². The van der Waals surface area contributed by atoms with Crippen molar-refractivity contribution in [2.45, 2.75) is 43.6 Å². The Bertz CT molecular complexity index is 228. The maximum atomic E-state index is 11.8. The fourth-order valence-corrected chi connectivity index (χ4v) is 3.29. The van der Waals surface area contributed by atoms with Gasteiger partial charge in [0.2, 0.25) is 0 Å². The van der Waals surface area contributed by atoms with Gasteiger partial charge in [0.1, 0.15) is 6.10 Å². The van der Waals surface area contributed by atoms with E-state index in [1.807, 2.05) is 11.8 Å². The van der Waals surface area contributed by atoms with E-state index in [-0.39, 0.29) is 24.9 Å². The SMILES string of the molecule is CCSC1CCCC1NC(=O)C(CN)OC.Cl. The molecule has 102 valence electrons. The highest BCUT2D eigenvalue weighted by Crippen LogP contribution is 2.29. The Balaban J connectivity index is 0.00000256. The normalized spacial score (nSPS) is 25.1.